The Morgan fingerprint density at radius 3 is 2.58 bits per heavy atom. The number of benzene rings is 2. The maximum Gasteiger partial charge on any atom is 0.305 e. The lowest BCUT2D eigenvalue weighted by molar-refractivity contribution is -0.138. The van der Waals surface area contributed by atoms with E-state index in [0.29, 0.717) is 23.5 Å². The number of nitrogens with zero attached hydrogens (tertiary/aromatic N) is 1. The third-order valence-electron chi connectivity index (χ3n) is 4.89. The van der Waals surface area contributed by atoms with Crippen LogP contribution in [0.15, 0.2) is 57.9 Å². The molecule has 2 amide bonds. The quantitative estimate of drug-likeness (QED) is 0.244. The number of carboxylic acids is 1. The minimum atomic E-state index is -1.09. The van der Waals surface area contributed by atoms with Crippen molar-refractivity contribution in [1.82, 2.24) is 10.6 Å². The second-order valence-electron chi connectivity index (χ2n) is 7.28. The number of nitrogens with two attached hydrogens (primary N) is 2. The molecule has 7 N–H and O–H groups in total. The van der Waals surface area contributed by atoms with Crippen molar-refractivity contribution in [2.24, 2.45) is 16.5 Å². The van der Waals surface area contributed by atoms with Crippen molar-refractivity contribution in [3.05, 3.63) is 65.4 Å². The van der Waals surface area contributed by atoms with Gasteiger partial charge in [0.25, 0.3) is 5.91 Å². The molecule has 1 atom stereocenters. The molecule has 10 heteroatoms. The number of carbonyl (C=O) groups excluding carboxylic acids is 2. The molecule has 3 aromatic rings. The van der Waals surface area contributed by atoms with Gasteiger partial charge in [-0.2, -0.15) is 0 Å². The predicted molar refractivity (Wildman–Crippen MR) is 123 cm³/mol. The van der Waals surface area contributed by atoms with E-state index >= 15 is 0 Å². The first-order chi connectivity index (χ1) is 15.8. The van der Waals surface area contributed by atoms with Gasteiger partial charge in [-0.05, 0) is 30.7 Å². The lowest BCUT2D eigenvalue weighted by atomic mass is 10.0. The van der Waals surface area contributed by atoms with E-state index in [0.717, 1.165) is 10.9 Å². The first-order valence-electron chi connectivity index (χ1n) is 10.3. The number of guanidine groups is 1. The van der Waals surface area contributed by atoms with Gasteiger partial charge in [0, 0.05) is 16.5 Å². The lowest BCUT2D eigenvalue weighted by Crippen LogP contribution is -2.39. The number of hydrogen-bond acceptors (Lipinski definition) is 5. The lowest BCUT2D eigenvalue weighted by Gasteiger charge is -2.17. The molecule has 0 bridgehead atoms. The SMILES string of the molecule is CCc1c(C(CC(=O)O)NC(=O)CNC(=O)c2cccc(N=C(N)N)c2)oc2ccccc12. The summed E-state index contributed by atoms with van der Waals surface area (Å²) in [4.78, 5) is 40.3. The largest absolute Gasteiger partial charge is 0.481 e. The zero-order valence-electron chi connectivity index (χ0n) is 18.0. The van der Waals surface area contributed by atoms with Crippen molar-refractivity contribution in [2.75, 3.05) is 6.54 Å². The monoisotopic (exact) mass is 451 g/mol. The van der Waals surface area contributed by atoms with Gasteiger partial charge >= 0.3 is 5.97 Å². The Morgan fingerprint density at radius 1 is 1.12 bits per heavy atom. The molecule has 172 valence electrons. The minimum absolute atomic E-state index is 0.145. The molecule has 0 spiro atoms. The molecule has 3 rings (SSSR count). The summed E-state index contributed by atoms with van der Waals surface area (Å²) < 4.78 is 5.90. The van der Waals surface area contributed by atoms with Gasteiger partial charge in [0.15, 0.2) is 5.96 Å². The number of carbonyl (C=O) groups is 3. The highest BCUT2D eigenvalue weighted by molar-refractivity contribution is 5.97. The van der Waals surface area contributed by atoms with Gasteiger partial charge in [0.1, 0.15) is 11.3 Å². The molecule has 10 nitrogen and oxygen atoms in total. The van der Waals surface area contributed by atoms with E-state index < -0.39 is 23.8 Å². The maximum absolute atomic E-state index is 12.6. The van der Waals surface area contributed by atoms with E-state index in [1.165, 1.54) is 6.07 Å². The average Bonchev–Trinajstić information content (AvgIpc) is 3.15. The molecule has 1 aromatic heterocycles. The summed E-state index contributed by atoms with van der Waals surface area (Å²) in [6, 6.07) is 12.7. The van der Waals surface area contributed by atoms with Gasteiger partial charge in [-0.1, -0.05) is 31.2 Å². The Bertz CT molecular complexity index is 1210. The smallest absolute Gasteiger partial charge is 0.305 e. The van der Waals surface area contributed by atoms with Crippen LogP contribution in [0, 0.1) is 0 Å². The number of aryl methyl sites for hydroxylation is 1. The molecule has 0 saturated carbocycles. The fourth-order valence-corrected chi connectivity index (χ4v) is 3.52. The average molecular weight is 451 g/mol. The van der Waals surface area contributed by atoms with Crippen LogP contribution in [-0.4, -0.2) is 35.4 Å². The first kappa shape index (κ1) is 23.3. The summed E-state index contributed by atoms with van der Waals surface area (Å²) >= 11 is 0. The second-order valence-corrected chi connectivity index (χ2v) is 7.28. The number of rotatable bonds is 9. The van der Waals surface area contributed by atoms with Crippen molar-refractivity contribution in [2.45, 2.75) is 25.8 Å². The Kier molecular flexibility index (Phi) is 7.29. The van der Waals surface area contributed by atoms with E-state index in [1.54, 1.807) is 24.3 Å². The summed E-state index contributed by atoms with van der Waals surface area (Å²) in [6.07, 6.45) is 0.230. The number of para-hydroxylation sites is 1. The number of fused-ring (bicyclic) bond motifs is 1. The van der Waals surface area contributed by atoms with Crippen molar-refractivity contribution in [3.8, 4) is 0 Å². The van der Waals surface area contributed by atoms with Crippen LogP contribution < -0.4 is 22.1 Å². The molecule has 33 heavy (non-hydrogen) atoms. The topological polar surface area (TPSA) is 173 Å². The normalized spacial score (nSPS) is 11.5. The zero-order valence-corrected chi connectivity index (χ0v) is 18.0. The van der Waals surface area contributed by atoms with Crippen LogP contribution in [0.3, 0.4) is 0 Å². The molecule has 0 aliphatic rings. The number of aliphatic carboxylic acids is 1. The Morgan fingerprint density at radius 2 is 1.88 bits per heavy atom. The highest BCUT2D eigenvalue weighted by Crippen LogP contribution is 2.32. The van der Waals surface area contributed by atoms with Gasteiger partial charge in [-0.25, -0.2) is 4.99 Å². The number of nitrogens with one attached hydrogen (secondary N) is 2. The number of amides is 2. The summed E-state index contributed by atoms with van der Waals surface area (Å²) in [5.41, 5.74) is 12.8. The second kappa shape index (κ2) is 10.3. The van der Waals surface area contributed by atoms with Gasteiger partial charge in [-0.3, -0.25) is 14.4 Å². The van der Waals surface area contributed by atoms with E-state index in [-0.39, 0.29) is 24.5 Å². The van der Waals surface area contributed by atoms with Crippen molar-refractivity contribution in [3.63, 3.8) is 0 Å². The number of aliphatic imine (C=N–C) groups is 1. The third kappa shape index (κ3) is 5.88. The summed E-state index contributed by atoms with van der Waals surface area (Å²) in [6.45, 7) is 1.57. The Hall–Kier alpha value is -4.34. The third-order valence-corrected chi connectivity index (χ3v) is 4.89. The standard InChI is InChI=1S/C23H25N5O5/c1-2-15-16-8-3-4-9-18(16)33-21(15)17(11-20(30)31)28-19(29)12-26-22(32)13-6-5-7-14(10-13)27-23(24)25/h3-10,17H,2,11-12H2,1H3,(H,26,32)(H,28,29)(H,30,31)(H4,24,25,27). The molecular formula is C23H25N5O5. The Labute approximate surface area is 189 Å². The fraction of sp³-hybridized carbons (Fsp3) is 0.217. The summed E-state index contributed by atoms with van der Waals surface area (Å²) in [5.74, 6) is -1.91. The van der Waals surface area contributed by atoms with E-state index in [9.17, 15) is 19.5 Å². The van der Waals surface area contributed by atoms with Crippen LogP contribution in [0.5, 0.6) is 0 Å². The van der Waals surface area contributed by atoms with Gasteiger partial charge < -0.3 is 31.6 Å². The first-order valence-corrected chi connectivity index (χ1v) is 10.3. The summed E-state index contributed by atoms with van der Waals surface area (Å²) in [7, 11) is 0. The van der Waals surface area contributed by atoms with Gasteiger partial charge in [0.2, 0.25) is 5.91 Å². The number of furan rings is 1. The fourth-order valence-electron chi connectivity index (χ4n) is 3.52. The van der Waals surface area contributed by atoms with Crippen LogP contribution >= 0.6 is 0 Å². The molecule has 2 aromatic carbocycles. The van der Waals surface area contributed by atoms with Gasteiger partial charge in [0.05, 0.1) is 24.7 Å². The molecule has 1 unspecified atom stereocenters. The molecule has 0 radical (unpaired) electrons. The molecular weight excluding hydrogens is 426 g/mol. The number of hydrogen-bond donors (Lipinski definition) is 5. The number of carboxylic acid groups (broad SMARTS) is 1. The molecule has 0 aliphatic heterocycles. The molecule has 0 saturated heterocycles. The van der Waals surface area contributed by atoms with Gasteiger partial charge in [-0.15, -0.1) is 0 Å². The molecule has 1 heterocycles. The van der Waals surface area contributed by atoms with Crippen LogP contribution in [0.25, 0.3) is 11.0 Å². The van der Waals surface area contributed by atoms with Crippen molar-refractivity contribution >= 4 is 40.4 Å². The van der Waals surface area contributed by atoms with Crippen molar-refractivity contribution in [1.29, 1.82) is 0 Å². The van der Waals surface area contributed by atoms with E-state index in [4.69, 9.17) is 15.9 Å². The zero-order chi connectivity index (χ0) is 24.0. The van der Waals surface area contributed by atoms with Crippen LogP contribution in [0.4, 0.5) is 5.69 Å². The van der Waals surface area contributed by atoms with Crippen molar-refractivity contribution < 1.29 is 23.9 Å². The molecule has 0 fully saturated rings. The summed E-state index contributed by atoms with van der Waals surface area (Å²) in [5, 5.41) is 15.4. The van der Waals surface area contributed by atoms with Crippen LogP contribution in [-0.2, 0) is 16.0 Å². The minimum Gasteiger partial charge on any atom is -0.481 e. The Balaban J connectivity index is 1.72. The maximum atomic E-state index is 12.6. The van der Waals surface area contributed by atoms with E-state index in [2.05, 4.69) is 15.6 Å². The van der Waals surface area contributed by atoms with E-state index in [1.807, 2.05) is 25.1 Å². The highest BCUT2D eigenvalue weighted by atomic mass is 16.4. The molecule has 0 aliphatic carbocycles. The highest BCUT2D eigenvalue weighted by Gasteiger charge is 2.26. The van der Waals surface area contributed by atoms with Crippen LogP contribution in [0.2, 0.25) is 0 Å². The van der Waals surface area contributed by atoms with Crippen LogP contribution in [0.1, 0.15) is 41.1 Å². The predicted octanol–water partition coefficient (Wildman–Crippen LogP) is 1.96.